The zero-order valence-corrected chi connectivity index (χ0v) is 13.2. The SMILES string of the molecule is CC(C)(N)C(=O)Nc1ccc2nc(N3CCCC3)sc2c1. The summed E-state index contributed by atoms with van der Waals surface area (Å²) in [5.74, 6) is -0.189. The molecule has 0 saturated carbocycles. The Morgan fingerprint density at radius 1 is 1.38 bits per heavy atom. The number of carbonyl (C=O) groups is 1. The number of benzene rings is 1. The minimum absolute atomic E-state index is 0.189. The van der Waals surface area contributed by atoms with Crippen molar-refractivity contribution in [1.82, 2.24) is 4.98 Å². The molecule has 2 aromatic rings. The smallest absolute Gasteiger partial charge is 0.243 e. The maximum Gasteiger partial charge on any atom is 0.243 e. The standard InChI is InChI=1S/C15H20N4OS/c1-15(2,16)13(20)17-10-5-6-11-12(9-10)21-14(18-11)19-7-3-4-8-19/h5-6,9H,3-4,7-8,16H2,1-2H3,(H,17,20). The van der Waals surface area contributed by atoms with Crippen LogP contribution < -0.4 is 16.0 Å². The van der Waals surface area contributed by atoms with Crippen molar-refractivity contribution in [3.63, 3.8) is 0 Å². The van der Waals surface area contributed by atoms with Crippen LogP contribution in [0.2, 0.25) is 0 Å². The third-order valence-electron chi connectivity index (χ3n) is 3.60. The second kappa shape index (κ2) is 5.27. The molecule has 112 valence electrons. The highest BCUT2D eigenvalue weighted by molar-refractivity contribution is 7.22. The number of nitrogens with one attached hydrogen (secondary N) is 1. The summed E-state index contributed by atoms with van der Waals surface area (Å²) < 4.78 is 1.09. The monoisotopic (exact) mass is 304 g/mol. The minimum Gasteiger partial charge on any atom is -0.348 e. The Morgan fingerprint density at radius 2 is 2.10 bits per heavy atom. The van der Waals surface area contributed by atoms with E-state index in [1.807, 2.05) is 18.2 Å². The van der Waals surface area contributed by atoms with E-state index in [1.54, 1.807) is 25.2 Å². The molecule has 0 unspecified atom stereocenters. The van der Waals surface area contributed by atoms with Gasteiger partial charge >= 0.3 is 0 Å². The molecule has 1 saturated heterocycles. The average molecular weight is 304 g/mol. The maximum atomic E-state index is 11.9. The van der Waals surface area contributed by atoms with Gasteiger partial charge in [-0.2, -0.15) is 0 Å². The predicted octanol–water partition coefficient (Wildman–Crippen LogP) is 2.57. The van der Waals surface area contributed by atoms with Gasteiger partial charge in [0, 0.05) is 18.8 Å². The van der Waals surface area contributed by atoms with E-state index < -0.39 is 5.54 Å². The van der Waals surface area contributed by atoms with Gasteiger partial charge in [-0.05, 0) is 44.9 Å². The van der Waals surface area contributed by atoms with Crippen LogP contribution in [0.3, 0.4) is 0 Å². The molecule has 3 N–H and O–H groups in total. The predicted molar refractivity (Wildman–Crippen MR) is 88.0 cm³/mol. The zero-order valence-electron chi connectivity index (χ0n) is 12.3. The first-order valence-electron chi connectivity index (χ1n) is 7.19. The molecular weight excluding hydrogens is 284 g/mol. The number of thiazole rings is 1. The molecule has 6 heteroatoms. The Bertz CT molecular complexity index is 668. The number of nitrogens with zero attached hydrogens (tertiary/aromatic N) is 2. The number of fused-ring (bicyclic) bond motifs is 1. The molecule has 0 spiro atoms. The van der Waals surface area contributed by atoms with Crippen LogP contribution in [0.1, 0.15) is 26.7 Å². The molecule has 0 aliphatic carbocycles. The first-order valence-corrected chi connectivity index (χ1v) is 8.01. The Kier molecular flexibility index (Phi) is 3.59. The van der Waals surface area contributed by atoms with Gasteiger partial charge in [0.15, 0.2) is 5.13 Å². The molecular formula is C15H20N4OS. The number of amides is 1. The van der Waals surface area contributed by atoms with Crippen molar-refractivity contribution < 1.29 is 4.79 Å². The first-order chi connectivity index (χ1) is 9.93. The molecule has 0 radical (unpaired) electrons. The quantitative estimate of drug-likeness (QED) is 0.914. The number of carbonyl (C=O) groups excluding carboxylic acids is 1. The topological polar surface area (TPSA) is 71.2 Å². The lowest BCUT2D eigenvalue weighted by atomic mass is 10.1. The molecule has 2 heterocycles. The van der Waals surface area contributed by atoms with Crippen LogP contribution in [0, 0.1) is 0 Å². The van der Waals surface area contributed by atoms with Crippen molar-refractivity contribution in [3.8, 4) is 0 Å². The summed E-state index contributed by atoms with van der Waals surface area (Å²) in [4.78, 5) is 18.9. The van der Waals surface area contributed by atoms with E-state index in [9.17, 15) is 4.79 Å². The van der Waals surface area contributed by atoms with Gasteiger partial charge in [0.25, 0.3) is 0 Å². The Balaban J connectivity index is 1.84. The number of nitrogens with two attached hydrogens (primary N) is 1. The summed E-state index contributed by atoms with van der Waals surface area (Å²) >= 11 is 1.68. The maximum absolute atomic E-state index is 11.9. The first kappa shape index (κ1) is 14.3. The molecule has 3 rings (SSSR count). The average Bonchev–Trinajstić information content (AvgIpc) is 3.05. The van der Waals surface area contributed by atoms with E-state index in [4.69, 9.17) is 5.73 Å². The van der Waals surface area contributed by atoms with E-state index in [2.05, 4.69) is 15.2 Å². The van der Waals surface area contributed by atoms with Gasteiger partial charge in [-0.25, -0.2) is 4.98 Å². The van der Waals surface area contributed by atoms with Gasteiger partial charge in [-0.3, -0.25) is 4.79 Å². The van der Waals surface area contributed by atoms with Crippen LogP contribution in [0.15, 0.2) is 18.2 Å². The summed E-state index contributed by atoms with van der Waals surface area (Å²) in [6.45, 7) is 5.56. The van der Waals surface area contributed by atoms with Gasteiger partial charge < -0.3 is 16.0 Å². The van der Waals surface area contributed by atoms with Gasteiger partial charge in [0.1, 0.15) is 0 Å². The fourth-order valence-electron chi connectivity index (χ4n) is 2.33. The van der Waals surface area contributed by atoms with E-state index in [0.29, 0.717) is 0 Å². The molecule has 1 aromatic heterocycles. The highest BCUT2D eigenvalue weighted by atomic mass is 32.1. The van der Waals surface area contributed by atoms with Crippen molar-refractivity contribution in [3.05, 3.63) is 18.2 Å². The van der Waals surface area contributed by atoms with Crippen molar-refractivity contribution in [2.75, 3.05) is 23.3 Å². The van der Waals surface area contributed by atoms with E-state index in [-0.39, 0.29) is 5.91 Å². The van der Waals surface area contributed by atoms with Crippen LogP contribution in [-0.2, 0) is 4.79 Å². The Hall–Kier alpha value is -1.66. The van der Waals surface area contributed by atoms with E-state index in [0.717, 1.165) is 34.1 Å². The zero-order chi connectivity index (χ0) is 15.0. The number of rotatable bonds is 3. The fraction of sp³-hybridized carbons (Fsp3) is 0.467. The molecule has 5 nitrogen and oxygen atoms in total. The van der Waals surface area contributed by atoms with Crippen LogP contribution in [0.5, 0.6) is 0 Å². The lowest BCUT2D eigenvalue weighted by Crippen LogP contribution is -2.45. The number of hydrogen-bond donors (Lipinski definition) is 2. The van der Waals surface area contributed by atoms with Crippen LogP contribution in [0.4, 0.5) is 10.8 Å². The van der Waals surface area contributed by atoms with Gasteiger partial charge in [-0.15, -0.1) is 0 Å². The van der Waals surface area contributed by atoms with Crippen molar-refractivity contribution >= 4 is 38.3 Å². The van der Waals surface area contributed by atoms with Crippen molar-refractivity contribution in [2.24, 2.45) is 5.73 Å². The van der Waals surface area contributed by atoms with Crippen molar-refractivity contribution in [2.45, 2.75) is 32.2 Å². The summed E-state index contributed by atoms with van der Waals surface area (Å²) in [7, 11) is 0. The normalized spacial score (nSPS) is 15.7. The van der Waals surface area contributed by atoms with Crippen LogP contribution in [-0.4, -0.2) is 29.5 Å². The molecule has 21 heavy (non-hydrogen) atoms. The van der Waals surface area contributed by atoms with Gasteiger partial charge in [0.2, 0.25) is 5.91 Å². The largest absolute Gasteiger partial charge is 0.348 e. The summed E-state index contributed by atoms with van der Waals surface area (Å²) in [6, 6.07) is 5.79. The minimum atomic E-state index is -0.886. The van der Waals surface area contributed by atoms with E-state index >= 15 is 0 Å². The third-order valence-corrected chi connectivity index (χ3v) is 4.68. The summed E-state index contributed by atoms with van der Waals surface area (Å²) in [5, 5.41) is 3.93. The lowest BCUT2D eigenvalue weighted by molar-refractivity contribution is -0.120. The second-order valence-corrected chi connectivity index (χ2v) is 7.06. The van der Waals surface area contributed by atoms with Gasteiger partial charge in [-0.1, -0.05) is 11.3 Å². The van der Waals surface area contributed by atoms with Gasteiger partial charge in [0.05, 0.1) is 15.8 Å². The molecule has 0 atom stereocenters. The van der Waals surface area contributed by atoms with Crippen LogP contribution >= 0.6 is 11.3 Å². The molecule has 0 bridgehead atoms. The molecule has 1 aliphatic heterocycles. The van der Waals surface area contributed by atoms with Crippen molar-refractivity contribution in [1.29, 1.82) is 0 Å². The molecule has 1 fully saturated rings. The van der Waals surface area contributed by atoms with E-state index in [1.165, 1.54) is 12.8 Å². The lowest BCUT2D eigenvalue weighted by Gasteiger charge is -2.17. The number of hydrogen-bond acceptors (Lipinski definition) is 5. The summed E-state index contributed by atoms with van der Waals surface area (Å²) in [6.07, 6.45) is 2.48. The Labute approximate surface area is 128 Å². The Morgan fingerprint density at radius 3 is 2.76 bits per heavy atom. The fourth-order valence-corrected chi connectivity index (χ4v) is 3.38. The molecule has 1 aromatic carbocycles. The number of anilines is 2. The summed E-state index contributed by atoms with van der Waals surface area (Å²) in [5.41, 5.74) is 6.66. The molecule has 1 amide bonds. The highest BCUT2D eigenvalue weighted by Gasteiger charge is 2.22. The number of aromatic nitrogens is 1. The van der Waals surface area contributed by atoms with Crippen LogP contribution in [0.25, 0.3) is 10.2 Å². The highest BCUT2D eigenvalue weighted by Crippen LogP contribution is 2.32. The third kappa shape index (κ3) is 3.01. The molecule has 1 aliphatic rings. The second-order valence-electron chi connectivity index (χ2n) is 6.05.